The number of halogens is 3. The molecule has 2 rings (SSSR count). The summed E-state index contributed by atoms with van der Waals surface area (Å²) in [5.41, 5.74) is 1.08. The average Bonchev–Trinajstić information content (AvgIpc) is 2.57. The molecule has 0 spiro atoms. The van der Waals surface area contributed by atoms with Crippen LogP contribution in [0.15, 0.2) is 24.4 Å². The van der Waals surface area contributed by atoms with Crippen LogP contribution < -0.4 is 10.1 Å². The maximum Gasteiger partial charge on any atom is 0.389 e. The molecule has 1 aromatic heterocycles. The van der Waals surface area contributed by atoms with Crippen LogP contribution in [0.1, 0.15) is 30.1 Å². The van der Waals surface area contributed by atoms with Crippen LogP contribution in [0.3, 0.4) is 0 Å². The Labute approximate surface area is 143 Å². The average molecular weight is 356 g/mol. The molecule has 0 atom stereocenters. The highest BCUT2D eigenvalue weighted by molar-refractivity contribution is 6.06. The number of anilines is 1. The lowest BCUT2D eigenvalue weighted by molar-refractivity contribution is -0.134. The standard InChI is InChI=1S/C17H19F3N2O3/c1-3-25-16(23)12-10-22-15-11(6-4-7-13(15)24-2)14(12)21-9-5-8-17(18,19)20/h4,6-7,10H,3,5,8-9H2,1-2H3,(H,21,22). The normalized spacial score (nSPS) is 11.4. The SMILES string of the molecule is CCOC(=O)c1cnc2c(OC)cccc2c1NCCCC(F)(F)F. The van der Waals surface area contributed by atoms with E-state index in [4.69, 9.17) is 9.47 Å². The van der Waals surface area contributed by atoms with Crippen LogP contribution in [-0.2, 0) is 4.74 Å². The minimum Gasteiger partial charge on any atom is -0.494 e. The lowest BCUT2D eigenvalue weighted by atomic mass is 10.1. The summed E-state index contributed by atoms with van der Waals surface area (Å²) >= 11 is 0. The lowest BCUT2D eigenvalue weighted by Gasteiger charge is -2.15. The first kappa shape index (κ1) is 18.8. The van der Waals surface area contributed by atoms with Crippen molar-refractivity contribution in [2.45, 2.75) is 25.9 Å². The Kier molecular flexibility index (Phi) is 6.06. The summed E-state index contributed by atoms with van der Waals surface area (Å²) in [5, 5.41) is 3.50. The lowest BCUT2D eigenvalue weighted by Crippen LogP contribution is -2.14. The van der Waals surface area contributed by atoms with Crippen molar-refractivity contribution in [3.05, 3.63) is 30.0 Å². The maximum absolute atomic E-state index is 12.3. The number of methoxy groups -OCH3 is 1. The van der Waals surface area contributed by atoms with E-state index in [0.717, 1.165) is 0 Å². The first-order valence-electron chi connectivity index (χ1n) is 7.80. The number of benzene rings is 1. The van der Waals surface area contributed by atoms with E-state index >= 15 is 0 Å². The van der Waals surface area contributed by atoms with Crippen molar-refractivity contribution in [2.75, 3.05) is 25.6 Å². The van der Waals surface area contributed by atoms with Crippen LogP contribution in [0.4, 0.5) is 18.9 Å². The number of alkyl halides is 3. The van der Waals surface area contributed by atoms with Crippen LogP contribution in [0.5, 0.6) is 5.75 Å². The molecule has 0 unspecified atom stereocenters. The predicted molar refractivity (Wildman–Crippen MR) is 88.0 cm³/mol. The van der Waals surface area contributed by atoms with Crippen LogP contribution in [0, 0.1) is 0 Å². The second-order valence-electron chi connectivity index (χ2n) is 5.27. The van der Waals surface area contributed by atoms with Gasteiger partial charge in [0, 0.05) is 24.5 Å². The summed E-state index contributed by atoms with van der Waals surface area (Å²) in [4.78, 5) is 16.4. The van der Waals surface area contributed by atoms with E-state index in [-0.39, 0.29) is 25.1 Å². The number of ether oxygens (including phenoxy) is 2. The topological polar surface area (TPSA) is 60.5 Å². The third kappa shape index (κ3) is 4.74. The molecule has 8 heteroatoms. The van der Waals surface area contributed by atoms with Gasteiger partial charge in [0.2, 0.25) is 0 Å². The van der Waals surface area contributed by atoms with Gasteiger partial charge in [-0.25, -0.2) is 4.79 Å². The van der Waals surface area contributed by atoms with Gasteiger partial charge < -0.3 is 14.8 Å². The van der Waals surface area contributed by atoms with Gasteiger partial charge in [-0.3, -0.25) is 4.98 Å². The number of esters is 1. The molecule has 5 nitrogen and oxygen atoms in total. The number of carbonyl (C=O) groups excluding carboxylic acids is 1. The van der Waals surface area contributed by atoms with Crippen LogP contribution in [0.2, 0.25) is 0 Å². The maximum atomic E-state index is 12.3. The number of rotatable bonds is 7. The van der Waals surface area contributed by atoms with Gasteiger partial charge >= 0.3 is 12.1 Å². The fraction of sp³-hybridized carbons (Fsp3) is 0.412. The van der Waals surface area contributed by atoms with Gasteiger partial charge in [-0.1, -0.05) is 12.1 Å². The van der Waals surface area contributed by atoms with E-state index in [1.807, 2.05) is 0 Å². The van der Waals surface area contributed by atoms with Crippen molar-refractivity contribution >= 4 is 22.6 Å². The number of pyridine rings is 1. The molecule has 0 saturated carbocycles. The van der Waals surface area contributed by atoms with Gasteiger partial charge in [0.05, 0.1) is 19.4 Å². The molecule has 0 saturated heterocycles. The van der Waals surface area contributed by atoms with E-state index in [1.54, 1.807) is 25.1 Å². The zero-order valence-corrected chi connectivity index (χ0v) is 13.9. The Hall–Kier alpha value is -2.51. The molecular formula is C17H19F3N2O3. The predicted octanol–water partition coefficient (Wildman–Crippen LogP) is 4.17. The molecule has 1 heterocycles. The molecule has 1 N–H and O–H groups in total. The molecule has 136 valence electrons. The van der Waals surface area contributed by atoms with Crippen LogP contribution >= 0.6 is 0 Å². The van der Waals surface area contributed by atoms with Gasteiger partial charge in [0.15, 0.2) is 0 Å². The van der Waals surface area contributed by atoms with Gasteiger partial charge in [-0.05, 0) is 19.4 Å². The molecule has 0 amide bonds. The first-order valence-corrected chi connectivity index (χ1v) is 7.80. The van der Waals surface area contributed by atoms with Crippen molar-refractivity contribution in [3.8, 4) is 5.75 Å². The largest absolute Gasteiger partial charge is 0.494 e. The summed E-state index contributed by atoms with van der Waals surface area (Å²) in [6.45, 7) is 1.91. The monoisotopic (exact) mass is 356 g/mol. The van der Waals surface area contributed by atoms with Gasteiger partial charge in [-0.15, -0.1) is 0 Å². The van der Waals surface area contributed by atoms with Crippen molar-refractivity contribution < 1.29 is 27.4 Å². The number of para-hydroxylation sites is 1. The number of hydrogen-bond acceptors (Lipinski definition) is 5. The Bertz CT molecular complexity index is 748. The number of hydrogen-bond donors (Lipinski definition) is 1. The van der Waals surface area contributed by atoms with Crippen molar-refractivity contribution in [2.24, 2.45) is 0 Å². The summed E-state index contributed by atoms with van der Waals surface area (Å²) in [6, 6.07) is 5.16. The second-order valence-corrected chi connectivity index (χ2v) is 5.27. The fourth-order valence-electron chi connectivity index (χ4n) is 2.42. The Morgan fingerprint density at radius 2 is 2.08 bits per heavy atom. The molecule has 1 aromatic carbocycles. The van der Waals surface area contributed by atoms with E-state index in [1.165, 1.54) is 13.3 Å². The molecular weight excluding hydrogens is 337 g/mol. The van der Waals surface area contributed by atoms with Crippen LogP contribution in [0.25, 0.3) is 10.9 Å². The Morgan fingerprint density at radius 3 is 2.72 bits per heavy atom. The quantitative estimate of drug-likeness (QED) is 0.596. The van der Waals surface area contributed by atoms with Gasteiger partial charge in [0.25, 0.3) is 0 Å². The zero-order chi connectivity index (χ0) is 18.4. The summed E-state index contributed by atoms with van der Waals surface area (Å²) in [7, 11) is 1.49. The summed E-state index contributed by atoms with van der Waals surface area (Å²) < 4.78 is 47.2. The van der Waals surface area contributed by atoms with Gasteiger partial charge in [0.1, 0.15) is 16.8 Å². The summed E-state index contributed by atoms with van der Waals surface area (Å²) in [6.07, 6.45) is -3.88. The Morgan fingerprint density at radius 1 is 1.32 bits per heavy atom. The van der Waals surface area contributed by atoms with Crippen molar-refractivity contribution in [1.29, 1.82) is 0 Å². The third-order valence-corrected chi connectivity index (χ3v) is 3.51. The molecule has 0 aliphatic rings. The van der Waals surface area contributed by atoms with E-state index in [9.17, 15) is 18.0 Å². The van der Waals surface area contributed by atoms with Gasteiger partial charge in [-0.2, -0.15) is 13.2 Å². The van der Waals surface area contributed by atoms with Crippen molar-refractivity contribution in [1.82, 2.24) is 4.98 Å². The highest BCUT2D eigenvalue weighted by atomic mass is 19.4. The molecule has 0 radical (unpaired) electrons. The molecule has 0 fully saturated rings. The highest BCUT2D eigenvalue weighted by Gasteiger charge is 2.26. The molecule has 2 aromatic rings. The summed E-state index contributed by atoms with van der Waals surface area (Å²) in [5.74, 6) is -0.0794. The number of nitrogens with one attached hydrogen (secondary N) is 1. The smallest absolute Gasteiger partial charge is 0.389 e. The van der Waals surface area contributed by atoms with E-state index in [0.29, 0.717) is 22.3 Å². The molecule has 0 aliphatic heterocycles. The van der Waals surface area contributed by atoms with E-state index < -0.39 is 18.6 Å². The minimum absolute atomic E-state index is 0.0578. The van der Waals surface area contributed by atoms with Crippen LogP contribution in [-0.4, -0.2) is 37.4 Å². The zero-order valence-electron chi connectivity index (χ0n) is 13.9. The molecule has 0 bridgehead atoms. The number of nitrogens with zero attached hydrogens (tertiary/aromatic N) is 1. The highest BCUT2D eigenvalue weighted by Crippen LogP contribution is 2.32. The minimum atomic E-state index is -4.21. The van der Waals surface area contributed by atoms with Crippen molar-refractivity contribution in [3.63, 3.8) is 0 Å². The number of aromatic nitrogens is 1. The third-order valence-electron chi connectivity index (χ3n) is 3.51. The molecule has 0 aliphatic carbocycles. The number of carbonyl (C=O) groups is 1. The molecule has 25 heavy (non-hydrogen) atoms. The second kappa shape index (κ2) is 8.04. The first-order chi connectivity index (χ1) is 11.9. The number of fused-ring (bicyclic) bond motifs is 1. The Balaban J connectivity index is 2.37. The van der Waals surface area contributed by atoms with E-state index in [2.05, 4.69) is 10.3 Å². The fourth-order valence-corrected chi connectivity index (χ4v) is 2.42.